The van der Waals surface area contributed by atoms with Crippen LogP contribution in [0.5, 0.6) is 0 Å². The summed E-state index contributed by atoms with van der Waals surface area (Å²) in [4.78, 5) is 2.36. The third-order valence-electron chi connectivity index (χ3n) is 6.74. The Bertz CT molecular complexity index is 1640. The third-order valence-corrected chi connectivity index (χ3v) is 7.27. The Balaban J connectivity index is 1.50. The van der Waals surface area contributed by atoms with Crippen LogP contribution in [0.1, 0.15) is 0 Å². The van der Waals surface area contributed by atoms with Crippen LogP contribution >= 0.6 is 15.9 Å². The minimum Gasteiger partial charge on any atom is -0.310 e. The summed E-state index contributed by atoms with van der Waals surface area (Å²) >= 11 is 3.54. The van der Waals surface area contributed by atoms with Gasteiger partial charge >= 0.3 is 0 Å². The quantitative estimate of drug-likeness (QED) is 0.199. The average molecular weight is 553 g/mol. The summed E-state index contributed by atoms with van der Waals surface area (Å²) < 4.78 is 1.08. The van der Waals surface area contributed by atoms with Crippen molar-refractivity contribution in [1.29, 1.82) is 0 Å². The van der Waals surface area contributed by atoms with Gasteiger partial charge in [-0.25, -0.2) is 0 Å². The lowest BCUT2D eigenvalue weighted by Gasteiger charge is -2.28. The van der Waals surface area contributed by atoms with Crippen molar-refractivity contribution in [2.24, 2.45) is 0 Å². The first kappa shape index (κ1) is 24.0. The molecule has 0 radical (unpaired) electrons. The summed E-state index contributed by atoms with van der Waals surface area (Å²) in [6.07, 6.45) is 0. The first-order valence-corrected chi connectivity index (χ1v) is 13.5. The van der Waals surface area contributed by atoms with Crippen LogP contribution in [0.25, 0.3) is 33.4 Å². The predicted molar refractivity (Wildman–Crippen MR) is 165 cm³/mol. The molecule has 0 aromatic heterocycles. The Kier molecular flexibility index (Phi) is 6.89. The van der Waals surface area contributed by atoms with Crippen LogP contribution in [0.2, 0.25) is 0 Å². The second-order valence-electron chi connectivity index (χ2n) is 9.19. The Morgan fingerprint density at radius 3 is 1.58 bits per heavy atom. The van der Waals surface area contributed by atoms with Gasteiger partial charge in [-0.1, -0.05) is 131 Å². The maximum Gasteiger partial charge on any atom is 0.0540 e. The van der Waals surface area contributed by atoms with E-state index in [0.717, 1.165) is 21.5 Å². The molecular formula is C36H26BrN. The summed E-state index contributed by atoms with van der Waals surface area (Å²) in [7, 11) is 0. The first-order valence-electron chi connectivity index (χ1n) is 12.7. The molecule has 0 saturated carbocycles. The highest BCUT2D eigenvalue weighted by Gasteiger charge is 2.17. The summed E-state index contributed by atoms with van der Waals surface area (Å²) in [5.74, 6) is 0. The van der Waals surface area contributed by atoms with Gasteiger partial charge in [0.1, 0.15) is 0 Å². The van der Waals surface area contributed by atoms with E-state index in [4.69, 9.17) is 0 Å². The van der Waals surface area contributed by atoms with Crippen LogP contribution in [-0.4, -0.2) is 0 Å². The van der Waals surface area contributed by atoms with Crippen LogP contribution in [-0.2, 0) is 0 Å². The molecule has 0 aliphatic rings. The number of rotatable bonds is 6. The van der Waals surface area contributed by atoms with Gasteiger partial charge in [-0.05, 0) is 70.3 Å². The van der Waals surface area contributed by atoms with Crippen molar-refractivity contribution in [3.8, 4) is 33.4 Å². The fraction of sp³-hybridized carbons (Fsp3) is 0. The van der Waals surface area contributed by atoms with E-state index in [9.17, 15) is 0 Å². The lowest BCUT2D eigenvalue weighted by molar-refractivity contribution is 1.28. The van der Waals surface area contributed by atoms with Crippen molar-refractivity contribution in [2.75, 3.05) is 4.90 Å². The second kappa shape index (κ2) is 10.9. The number of nitrogens with zero attached hydrogens (tertiary/aromatic N) is 1. The van der Waals surface area contributed by atoms with Crippen LogP contribution in [0.4, 0.5) is 17.1 Å². The van der Waals surface area contributed by atoms with E-state index in [-0.39, 0.29) is 0 Å². The van der Waals surface area contributed by atoms with Crippen LogP contribution < -0.4 is 4.90 Å². The zero-order valence-electron chi connectivity index (χ0n) is 20.8. The maximum atomic E-state index is 3.54. The van der Waals surface area contributed by atoms with E-state index < -0.39 is 0 Å². The monoisotopic (exact) mass is 551 g/mol. The van der Waals surface area contributed by atoms with Crippen LogP contribution in [0, 0.1) is 0 Å². The number of anilines is 3. The van der Waals surface area contributed by atoms with Gasteiger partial charge in [0.05, 0.1) is 5.69 Å². The van der Waals surface area contributed by atoms with Crippen molar-refractivity contribution in [3.63, 3.8) is 0 Å². The van der Waals surface area contributed by atoms with Gasteiger partial charge < -0.3 is 4.90 Å². The molecule has 0 saturated heterocycles. The Labute approximate surface area is 232 Å². The molecule has 38 heavy (non-hydrogen) atoms. The summed E-state index contributed by atoms with van der Waals surface area (Å²) in [5, 5.41) is 0. The molecule has 2 heteroatoms. The number of hydrogen-bond acceptors (Lipinski definition) is 1. The van der Waals surface area contributed by atoms with E-state index in [1.807, 2.05) is 0 Å². The molecule has 1 nitrogen and oxygen atoms in total. The van der Waals surface area contributed by atoms with Gasteiger partial charge in [-0.15, -0.1) is 0 Å². The van der Waals surface area contributed by atoms with Gasteiger partial charge in [0.25, 0.3) is 0 Å². The highest BCUT2D eigenvalue weighted by Crippen LogP contribution is 2.42. The average Bonchev–Trinajstić information content (AvgIpc) is 2.99. The standard InChI is InChI=1S/C36H26BrN/c37-32-22-18-28(19-23-32)29-20-24-33(25-21-29)38(34-15-9-14-31(26-34)27-10-3-1-4-11-27)36-17-8-7-16-35(36)30-12-5-2-6-13-30/h1-26H. The van der Waals surface area contributed by atoms with E-state index in [1.54, 1.807) is 0 Å². The zero-order valence-corrected chi connectivity index (χ0v) is 22.4. The minimum absolute atomic E-state index is 1.08. The van der Waals surface area contributed by atoms with E-state index >= 15 is 0 Å². The Hall–Kier alpha value is -4.40. The van der Waals surface area contributed by atoms with Gasteiger partial charge in [-0.2, -0.15) is 0 Å². The largest absolute Gasteiger partial charge is 0.310 e. The van der Waals surface area contributed by atoms with Gasteiger partial charge in [0.15, 0.2) is 0 Å². The smallest absolute Gasteiger partial charge is 0.0540 e. The lowest BCUT2D eigenvalue weighted by Crippen LogP contribution is -2.11. The molecule has 182 valence electrons. The number of hydrogen-bond donors (Lipinski definition) is 0. The highest BCUT2D eigenvalue weighted by atomic mass is 79.9. The third kappa shape index (κ3) is 5.04. The van der Waals surface area contributed by atoms with Crippen LogP contribution in [0.3, 0.4) is 0 Å². The Morgan fingerprint density at radius 2 is 0.895 bits per heavy atom. The molecule has 0 unspecified atom stereocenters. The first-order chi connectivity index (χ1) is 18.8. The summed E-state index contributed by atoms with van der Waals surface area (Å²) in [6.45, 7) is 0. The SMILES string of the molecule is Brc1ccc(-c2ccc(N(c3cccc(-c4ccccc4)c3)c3ccccc3-c3ccccc3)cc2)cc1. The molecule has 6 aromatic rings. The molecule has 6 rings (SSSR count). The molecule has 0 aliphatic heterocycles. The van der Waals surface area contributed by atoms with Crippen molar-refractivity contribution >= 4 is 33.0 Å². The number of halogens is 1. The van der Waals surface area contributed by atoms with Crippen molar-refractivity contribution in [1.82, 2.24) is 0 Å². The van der Waals surface area contributed by atoms with E-state index in [1.165, 1.54) is 33.4 Å². The molecule has 0 N–H and O–H groups in total. The molecule has 0 amide bonds. The molecule has 0 bridgehead atoms. The molecule has 0 aliphatic carbocycles. The molecule has 0 spiro atoms. The van der Waals surface area contributed by atoms with E-state index in [2.05, 4.69) is 179 Å². The predicted octanol–water partition coefficient (Wildman–Crippen LogP) is 10.9. The maximum absolute atomic E-state index is 3.54. The van der Waals surface area contributed by atoms with E-state index in [0.29, 0.717) is 0 Å². The van der Waals surface area contributed by atoms with Crippen LogP contribution in [0.15, 0.2) is 162 Å². The zero-order chi connectivity index (χ0) is 25.7. The van der Waals surface area contributed by atoms with Gasteiger partial charge in [0, 0.05) is 21.4 Å². The Morgan fingerprint density at radius 1 is 0.368 bits per heavy atom. The molecule has 0 fully saturated rings. The highest BCUT2D eigenvalue weighted by molar-refractivity contribution is 9.10. The second-order valence-corrected chi connectivity index (χ2v) is 10.1. The van der Waals surface area contributed by atoms with Crippen molar-refractivity contribution < 1.29 is 0 Å². The fourth-order valence-corrected chi connectivity index (χ4v) is 5.12. The minimum atomic E-state index is 1.08. The van der Waals surface area contributed by atoms with Crippen molar-refractivity contribution in [3.05, 3.63) is 162 Å². The molecule has 6 aromatic carbocycles. The number of benzene rings is 6. The lowest BCUT2D eigenvalue weighted by atomic mass is 10.00. The molecular weight excluding hydrogens is 526 g/mol. The van der Waals surface area contributed by atoms with Gasteiger partial charge in [0.2, 0.25) is 0 Å². The number of para-hydroxylation sites is 1. The van der Waals surface area contributed by atoms with Crippen molar-refractivity contribution in [2.45, 2.75) is 0 Å². The topological polar surface area (TPSA) is 3.24 Å². The molecule has 0 heterocycles. The summed E-state index contributed by atoms with van der Waals surface area (Å²) in [6, 6.07) is 55.9. The summed E-state index contributed by atoms with van der Waals surface area (Å²) in [5.41, 5.74) is 10.5. The molecule has 0 atom stereocenters. The fourth-order valence-electron chi connectivity index (χ4n) is 4.86. The van der Waals surface area contributed by atoms with Gasteiger partial charge in [-0.3, -0.25) is 0 Å². The normalized spacial score (nSPS) is 10.8.